The molecule has 1 heterocycles. The number of benzene rings is 1. The molecule has 1 aliphatic heterocycles. The first kappa shape index (κ1) is 15.2. The summed E-state index contributed by atoms with van der Waals surface area (Å²) in [5.41, 5.74) is 1.69. The van der Waals surface area contributed by atoms with Gasteiger partial charge in [-0.15, -0.1) is 0 Å². The van der Waals surface area contributed by atoms with Gasteiger partial charge >= 0.3 is 0 Å². The zero-order valence-electron chi connectivity index (χ0n) is 11.7. The lowest BCUT2D eigenvalue weighted by Gasteiger charge is -2.20. The number of allylic oxidation sites excluding steroid dienone is 1. The van der Waals surface area contributed by atoms with E-state index in [1.807, 2.05) is 6.08 Å². The smallest absolute Gasteiger partial charge is 0.133 e. The number of aliphatic hydroxyl groups excluding tert-OH is 1. The molecule has 0 aromatic heterocycles. The maximum absolute atomic E-state index is 13.9. The Morgan fingerprint density at radius 2 is 2.19 bits per heavy atom. The third-order valence-corrected chi connectivity index (χ3v) is 3.32. The third kappa shape index (κ3) is 3.28. The maximum Gasteiger partial charge on any atom is 0.133 e. The molecule has 2 N–H and O–H groups in total. The Labute approximate surface area is 122 Å². The van der Waals surface area contributed by atoms with Gasteiger partial charge in [0.05, 0.1) is 0 Å². The Bertz CT molecular complexity index is 644. The molecule has 0 fully saturated rings. The molecule has 2 nitrogen and oxygen atoms in total. The van der Waals surface area contributed by atoms with Gasteiger partial charge in [-0.2, -0.15) is 0 Å². The summed E-state index contributed by atoms with van der Waals surface area (Å²) in [7, 11) is 0. The zero-order chi connectivity index (χ0) is 15.4. The molecule has 110 valence electrons. The Hall–Kier alpha value is -2.20. The number of aliphatic hydroxyl groups is 1. The zero-order valence-corrected chi connectivity index (χ0v) is 11.7. The van der Waals surface area contributed by atoms with Crippen LogP contribution in [0.2, 0.25) is 0 Å². The van der Waals surface area contributed by atoms with Crippen LogP contribution in [-0.4, -0.2) is 17.8 Å². The van der Waals surface area contributed by atoms with Crippen LogP contribution in [0.5, 0.6) is 0 Å². The van der Waals surface area contributed by atoms with E-state index in [1.165, 1.54) is 12.1 Å². The van der Waals surface area contributed by atoms with Gasteiger partial charge in [0.1, 0.15) is 17.7 Å². The highest BCUT2D eigenvalue weighted by atomic mass is 19.1. The van der Waals surface area contributed by atoms with Crippen molar-refractivity contribution in [2.45, 2.75) is 13.0 Å². The fourth-order valence-electron chi connectivity index (χ4n) is 2.23. The van der Waals surface area contributed by atoms with E-state index in [0.717, 1.165) is 6.07 Å². The minimum atomic E-state index is -0.954. The molecule has 0 aliphatic carbocycles. The van der Waals surface area contributed by atoms with Gasteiger partial charge < -0.3 is 10.4 Å². The Kier molecular flexibility index (Phi) is 4.70. The van der Waals surface area contributed by atoms with E-state index in [9.17, 15) is 13.9 Å². The molecular formula is C17H17F2NO. The molecule has 0 bridgehead atoms. The molecule has 1 unspecified atom stereocenters. The Balaban J connectivity index is 2.31. The van der Waals surface area contributed by atoms with E-state index in [1.54, 1.807) is 25.3 Å². The van der Waals surface area contributed by atoms with Gasteiger partial charge in [0.2, 0.25) is 0 Å². The quantitative estimate of drug-likeness (QED) is 0.833. The summed E-state index contributed by atoms with van der Waals surface area (Å²) in [4.78, 5) is 0. The predicted octanol–water partition coefficient (Wildman–Crippen LogP) is 3.33. The molecule has 21 heavy (non-hydrogen) atoms. The average molecular weight is 289 g/mol. The molecule has 2 rings (SSSR count). The van der Waals surface area contributed by atoms with E-state index in [2.05, 4.69) is 11.9 Å². The highest BCUT2D eigenvalue weighted by molar-refractivity contribution is 5.80. The van der Waals surface area contributed by atoms with Crippen molar-refractivity contribution in [1.82, 2.24) is 5.32 Å². The fraction of sp³-hybridized carbons (Fsp3) is 0.176. The van der Waals surface area contributed by atoms with Crippen molar-refractivity contribution < 1.29 is 13.9 Å². The third-order valence-electron chi connectivity index (χ3n) is 3.32. The van der Waals surface area contributed by atoms with Crippen LogP contribution in [0.3, 0.4) is 0 Å². The minimum absolute atomic E-state index is 0.219. The molecule has 1 aromatic carbocycles. The van der Waals surface area contributed by atoms with Crippen molar-refractivity contribution in [3.8, 4) is 0 Å². The monoisotopic (exact) mass is 289 g/mol. The lowest BCUT2D eigenvalue weighted by molar-refractivity contribution is 0.255. The van der Waals surface area contributed by atoms with Gasteiger partial charge in [0, 0.05) is 29.9 Å². The highest BCUT2D eigenvalue weighted by Gasteiger charge is 2.20. The van der Waals surface area contributed by atoms with Crippen LogP contribution in [0.25, 0.3) is 5.57 Å². The molecule has 0 spiro atoms. The normalized spacial score (nSPS) is 16.2. The topological polar surface area (TPSA) is 32.3 Å². The van der Waals surface area contributed by atoms with Gasteiger partial charge in [-0.3, -0.25) is 0 Å². The second-order valence-electron chi connectivity index (χ2n) is 4.71. The summed E-state index contributed by atoms with van der Waals surface area (Å²) in [6.45, 7) is 6.28. The lowest BCUT2D eigenvalue weighted by atomic mass is 9.91. The molecule has 0 saturated carbocycles. The van der Waals surface area contributed by atoms with Gasteiger partial charge in [-0.1, -0.05) is 24.8 Å². The number of halogens is 2. The van der Waals surface area contributed by atoms with Crippen LogP contribution in [0.15, 0.2) is 60.4 Å². The van der Waals surface area contributed by atoms with Crippen molar-refractivity contribution in [2.75, 3.05) is 6.54 Å². The van der Waals surface area contributed by atoms with Crippen LogP contribution in [0.1, 0.15) is 12.5 Å². The first-order chi connectivity index (χ1) is 10.0. The van der Waals surface area contributed by atoms with E-state index >= 15 is 0 Å². The molecule has 1 aromatic rings. The van der Waals surface area contributed by atoms with E-state index in [-0.39, 0.29) is 5.56 Å². The minimum Gasteiger partial charge on any atom is -0.387 e. The second-order valence-corrected chi connectivity index (χ2v) is 4.71. The van der Waals surface area contributed by atoms with Crippen LogP contribution in [0, 0.1) is 11.6 Å². The number of hydrogen-bond donors (Lipinski definition) is 2. The first-order valence-electron chi connectivity index (χ1n) is 6.63. The molecule has 4 heteroatoms. The molecular weight excluding hydrogens is 272 g/mol. The summed E-state index contributed by atoms with van der Waals surface area (Å²) >= 11 is 0. The van der Waals surface area contributed by atoms with Crippen LogP contribution in [-0.2, 0) is 0 Å². The van der Waals surface area contributed by atoms with E-state index in [4.69, 9.17) is 0 Å². The maximum atomic E-state index is 13.9. The van der Waals surface area contributed by atoms with Crippen LogP contribution >= 0.6 is 0 Å². The van der Waals surface area contributed by atoms with Crippen molar-refractivity contribution in [3.05, 3.63) is 77.6 Å². The average Bonchev–Trinajstić information content (AvgIpc) is 2.50. The summed E-state index contributed by atoms with van der Waals surface area (Å²) in [6.07, 6.45) is 6.07. The predicted molar refractivity (Wildman–Crippen MR) is 80.4 cm³/mol. The van der Waals surface area contributed by atoms with Gasteiger partial charge in [-0.05, 0) is 30.2 Å². The van der Waals surface area contributed by atoms with Crippen LogP contribution < -0.4 is 5.32 Å². The van der Waals surface area contributed by atoms with E-state index < -0.39 is 17.7 Å². The van der Waals surface area contributed by atoms with Crippen molar-refractivity contribution in [1.29, 1.82) is 0 Å². The summed E-state index contributed by atoms with van der Waals surface area (Å²) in [5, 5.41) is 13.3. The standard InChI is InChI=1S/C17H17F2NO/c1-3-14(15-7-6-13(18)9-16(15)19)11(2)17(21)12-5-4-8-20-10-12/h3-7,9-10,17,20-21H,2,8H2,1H3/b14-3+. The number of dihydropyridines is 1. The molecule has 0 amide bonds. The highest BCUT2D eigenvalue weighted by Crippen LogP contribution is 2.29. The van der Waals surface area contributed by atoms with E-state index in [0.29, 0.717) is 23.3 Å². The largest absolute Gasteiger partial charge is 0.387 e. The van der Waals surface area contributed by atoms with Gasteiger partial charge in [0.25, 0.3) is 0 Å². The lowest BCUT2D eigenvalue weighted by Crippen LogP contribution is -2.19. The van der Waals surface area contributed by atoms with Gasteiger partial charge in [0.15, 0.2) is 0 Å². The Morgan fingerprint density at radius 1 is 1.43 bits per heavy atom. The first-order valence-corrected chi connectivity index (χ1v) is 6.63. The number of hydrogen-bond acceptors (Lipinski definition) is 2. The molecule has 0 radical (unpaired) electrons. The SMILES string of the molecule is C=C(/C(=C\C)c1ccc(F)cc1F)C(O)C1=CNCC=C1. The molecule has 1 atom stereocenters. The molecule has 1 aliphatic rings. The fourth-order valence-corrected chi connectivity index (χ4v) is 2.23. The van der Waals surface area contributed by atoms with Crippen molar-refractivity contribution in [3.63, 3.8) is 0 Å². The van der Waals surface area contributed by atoms with Crippen molar-refractivity contribution in [2.24, 2.45) is 0 Å². The summed E-state index contributed by atoms with van der Waals surface area (Å²) in [6, 6.07) is 3.35. The second kappa shape index (κ2) is 6.50. The number of rotatable bonds is 4. The summed E-state index contributed by atoms with van der Waals surface area (Å²) in [5.74, 6) is -1.32. The Morgan fingerprint density at radius 3 is 2.76 bits per heavy atom. The molecule has 0 saturated heterocycles. The summed E-state index contributed by atoms with van der Waals surface area (Å²) < 4.78 is 26.9. The number of nitrogens with one attached hydrogen (secondary N) is 1. The van der Waals surface area contributed by atoms with Gasteiger partial charge in [-0.25, -0.2) is 8.78 Å². The van der Waals surface area contributed by atoms with Crippen LogP contribution in [0.4, 0.5) is 8.78 Å². The van der Waals surface area contributed by atoms with Crippen molar-refractivity contribution >= 4 is 5.57 Å².